The SMILES string of the molecule is NC1CCCS(=O)(=O)c2cc(F)ccc21. The highest BCUT2D eigenvalue weighted by Gasteiger charge is 2.26. The molecular formula is C10H12FNO2S. The Morgan fingerprint density at radius 2 is 2.13 bits per heavy atom. The smallest absolute Gasteiger partial charge is 0.178 e. The van der Waals surface area contributed by atoms with Gasteiger partial charge in [0, 0.05) is 6.04 Å². The largest absolute Gasteiger partial charge is 0.324 e. The minimum atomic E-state index is -3.35. The minimum absolute atomic E-state index is 0.0527. The van der Waals surface area contributed by atoms with Crippen molar-refractivity contribution in [3.8, 4) is 0 Å². The van der Waals surface area contributed by atoms with E-state index < -0.39 is 15.7 Å². The van der Waals surface area contributed by atoms with E-state index in [1.165, 1.54) is 12.1 Å². The molecule has 1 unspecified atom stereocenters. The number of hydrogen-bond donors (Lipinski definition) is 1. The topological polar surface area (TPSA) is 60.2 Å². The van der Waals surface area contributed by atoms with Crippen LogP contribution in [0.2, 0.25) is 0 Å². The second-order valence-electron chi connectivity index (χ2n) is 3.75. The summed E-state index contributed by atoms with van der Waals surface area (Å²) in [7, 11) is -3.35. The highest BCUT2D eigenvalue weighted by molar-refractivity contribution is 7.91. The normalized spacial score (nSPS) is 24.3. The molecule has 1 heterocycles. The van der Waals surface area contributed by atoms with Gasteiger partial charge in [-0.2, -0.15) is 0 Å². The second kappa shape index (κ2) is 3.57. The van der Waals surface area contributed by atoms with Crippen molar-refractivity contribution >= 4 is 9.84 Å². The predicted molar refractivity (Wildman–Crippen MR) is 54.6 cm³/mol. The molecule has 2 N–H and O–H groups in total. The van der Waals surface area contributed by atoms with Crippen LogP contribution >= 0.6 is 0 Å². The summed E-state index contributed by atoms with van der Waals surface area (Å²) in [6, 6.07) is 3.48. The Bertz CT molecular complexity index is 484. The summed E-state index contributed by atoms with van der Waals surface area (Å²) in [5.74, 6) is -0.483. The molecule has 0 radical (unpaired) electrons. The molecule has 15 heavy (non-hydrogen) atoms. The molecule has 1 atom stereocenters. The number of benzene rings is 1. The third kappa shape index (κ3) is 1.89. The van der Waals surface area contributed by atoms with E-state index >= 15 is 0 Å². The van der Waals surface area contributed by atoms with Crippen molar-refractivity contribution in [3.05, 3.63) is 29.6 Å². The number of halogens is 1. The zero-order valence-electron chi connectivity index (χ0n) is 8.11. The van der Waals surface area contributed by atoms with Gasteiger partial charge in [0.1, 0.15) is 5.82 Å². The lowest BCUT2D eigenvalue weighted by molar-refractivity contribution is 0.590. The van der Waals surface area contributed by atoms with E-state index in [-0.39, 0.29) is 16.7 Å². The van der Waals surface area contributed by atoms with Crippen molar-refractivity contribution in [2.45, 2.75) is 23.8 Å². The molecule has 0 saturated heterocycles. The van der Waals surface area contributed by atoms with E-state index in [4.69, 9.17) is 5.73 Å². The quantitative estimate of drug-likeness (QED) is 0.731. The Morgan fingerprint density at radius 1 is 1.40 bits per heavy atom. The first-order valence-electron chi connectivity index (χ1n) is 4.78. The maximum Gasteiger partial charge on any atom is 0.178 e. The maximum absolute atomic E-state index is 13.0. The minimum Gasteiger partial charge on any atom is -0.324 e. The first-order valence-corrected chi connectivity index (χ1v) is 6.44. The zero-order valence-corrected chi connectivity index (χ0v) is 8.93. The molecule has 0 amide bonds. The Kier molecular flexibility index (Phi) is 2.52. The van der Waals surface area contributed by atoms with Crippen LogP contribution in [-0.4, -0.2) is 14.2 Å². The van der Waals surface area contributed by atoms with Crippen LogP contribution in [0.25, 0.3) is 0 Å². The summed E-state index contributed by atoms with van der Waals surface area (Å²) in [6.45, 7) is 0. The number of hydrogen-bond acceptors (Lipinski definition) is 3. The van der Waals surface area contributed by atoms with Gasteiger partial charge in [-0.25, -0.2) is 12.8 Å². The van der Waals surface area contributed by atoms with Gasteiger partial charge in [-0.15, -0.1) is 0 Å². The molecule has 1 aliphatic rings. The Morgan fingerprint density at radius 3 is 2.87 bits per heavy atom. The molecule has 82 valence electrons. The van der Waals surface area contributed by atoms with Gasteiger partial charge in [-0.3, -0.25) is 0 Å². The average molecular weight is 229 g/mol. The van der Waals surface area contributed by atoms with Gasteiger partial charge < -0.3 is 5.73 Å². The van der Waals surface area contributed by atoms with Crippen LogP contribution in [0.4, 0.5) is 4.39 Å². The lowest BCUT2D eigenvalue weighted by Crippen LogP contribution is -2.11. The number of rotatable bonds is 0. The fourth-order valence-electron chi connectivity index (χ4n) is 1.84. The van der Waals surface area contributed by atoms with Crippen LogP contribution < -0.4 is 5.73 Å². The molecule has 0 aliphatic carbocycles. The predicted octanol–water partition coefficient (Wildman–Crippen LogP) is 1.39. The van der Waals surface area contributed by atoms with Crippen molar-refractivity contribution in [1.29, 1.82) is 0 Å². The van der Waals surface area contributed by atoms with Crippen LogP contribution in [-0.2, 0) is 9.84 Å². The number of sulfone groups is 1. The molecule has 0 fully saturated rings. The molecule has 5 heteroatoms. The standard InChI is InChI=1S/C10H12FNO2S/c11-7-3-4-8-9(12)2-1-5-15(13,14)10(8)6-7/h3-4,6,9H,1-2,5,12H2. The summed E-state index contributed by atoms with van der Waals surface area (Å²) in [6.07, 6.45) is 1.15. The van der Waals surface area contributed by atoms with Crippen molar-refractivity contribution in [2.75, 3.05) is 5.75 Å². The Labute approximate surface area is 88.0 Å². The Balaban J connectivity index is 2.68. The third-order valence-corrected chi connectivity index (χ3v) is 4.49. The molecule has 1 aromatic rings. The van der Waals surface area contributed by atoms with Crippen LogP contribution in [0, 0.1) is 5.82 Å². The molecule has 3 nitrogen and oxygen atoms in total. The van der Waals surface area contributed by atoms with Crippen LogP contribution in [0.5, 0.6) is 0 Å². The molecule has 0 bridgehead atoms. The van der Waals surface area contributed by atoms with Gasteiger partial charge in [0.25, 0.3) is 0 Å². The fraction of sp³-hybridized carbons (Fsp3) is 0.400. The van der Waals surface area contributed by atoms with Gasteiger partial charge in [-0.05, 0) is 30.5 Å². The molecule has 0 aromatic heterocycles. The van der Waals surface area contributed by atoms with E-state index in [0.717, 1.165) is 6.07 Å². The first kappa shape index (κ1) is 10.6. The number of nitrogens with two attached hydrogens (primary N) is 1. The van der Waals surface area contributed by atoms with Gasteiger partial charge in [-0.1, -0.05) is 6.07 Å². The number of fused-ring (bicyclic) bond motifs is 1. The van der Waals surface area contributed by atoms with Crippen molar-refractivity contribution in [1.82, 2.24) is 0 Å². The first-order chi connectivity index (χ1) is 7.00. The van der Waals surface area contributed by atoms with Gasteiger partial charge in [0.05, 0.1) is 10.6 Å². The summed E-state index contributed by atoms with van der Waals surface area (Å²) in [5.41, 5.74) is 6.37. The molecule has 0 spiro atoms. The highest BCUT2D eigenvalue weighted by atomic mass is 32.2. The summed E-state index contributed by atoms with van der Waals surface area (Å²) < 4.78 is 36.5. The maximum atomic E-state index is 13.0. The molecule has 0 saturated carbocycles. The van der Waals surface area contributed by atoms with Crippen molar-refractivity contribution in [3.63, 3.8) is 0 Å². The van der Waals surface area contributed by atoms with Crippen LogP contribution in [0.1, 0.15) is 24.4 Å². The molecule has 2 rings (SSSR count). The summed E-state index contributed by atoms with van der Waals surface area (Å²) in [4.78, 5) is 0.0625. The molecule has 1 aromatic carbocycles. The van der Waals surface area contributed by atoms with Crippen LogP contribution in [0.3, 0.4) is 0 Å². The van der Waals surface area contributed by atoms with Crippen molar-refractivity contribution < 1.29 is 12.8 Å². The lowest BCUT2D eigenvalue weighted by atomic mass is 10.0. The second-order valence-corrected chi connectivity index (χ2v) is 5.83. The van der Waals surface area contributed by atoms with Gasteiger partial charge >= 0.3 is 0 Å². The molecule has 1 aliphatic heterocycles. The summed E-state index contributed by atoms with van der Waals surface area (Å²) >= 11 is 0. The molecular weight excluding hydrogens is 217 g/mol. The monoisotopic (exact) mass is 229 g/mol. The van der Waals surface area contributed by atoms with E-state index in [1.54, 1.807) is 0 Å². The van der Waals surface area contributed by atoms with Gasteiger partial charge in [0.15, 0.2) is 9.84 Å². The zero-order chi connectivity index (χ0) is 11.1. The van der Waals surface area contributed by atoms with Gasteiger partial charge in [0.2, 0.25) is 0 Å². The third-order valence-electron chi connectivity index (χ3n) is 2.64. The van der Waals surface area contributed by atoms with Crippen molar-refractivity contribution in [2.24, 2.45) is 5.73 Å². The summed E-state index contributed by atoms with van der Waals surface area (Å²) in [5, 5.41) is 0. The lowest BCUT2D eigenvalue weighted by Gasteiger charge is -2.11. The highest BCUT2D eigenvalue weighted by Crippen LogP contribution is 2.29. The van der Waals surface area contributed by atoms with E-state index in [9.17, 15) is 12.8 Å². The Hall–Kier alpha value is -0.940. The fourth-order valence-corrected chi connectivity index (χ4v) is 3.48. The van der Waals surface area contributed by atoms with E-state index in [2.05, 4.69) is 0 Å². The average Bonchev–Trinajstić information content (AvgIpc) is 2.26. The van der Waals surface area contributed by atoms with Crippen LogP contribution in [0.15, 0.2) is 23.1 Å². The van der Waals surface area contributed by atoms with E-state index in [0.29, 0.717) is 18.4 Å². The van der Waals surface area contributed by atoms with E-state index in [1.807, 2.05) is 0 Å².